The molecule has 0 saturated carbocycles. The van der Waals surface area contributed by atoms with Crippen LogP contribution in [0.4, 0.5) is 11.4 Å². The predicted octanol–water partition coefficient (Wildman–Crippen LogP) is 5.37. The fourth-order valence-electron chi connectivity index (χ4n) is 2.80. The van der Waals surface area contributed by atoms with Crippen LogP contribution in [0, 0.1) is 5.92 Å². The molecule has 0 atom stereocenters. The number of hydrogen-bond acceptors (Lipinski definition) is 4. The monoisotopic (exact) mass is 441 g/mol. The first-order valence-electron chi connectivity index (χ1n) is 10.6. The van der Waals surface area contributed by atoms with E-state index in [0.717, 1.165) is 25.0 Å². The van der Waals surface area contributed by atoms with Crippen molar-refractivity contribution in [3.63, 3.8) is 0 Å². The summed E-state index contributed by atoms with van der Waals surface area (Å²) < 4.78 is 5.66. The number of anilines is 2. The van der Waals surface area contributed by atoms with Crippen molar-refractivity contribution in [1.29, 1.82) is 0 Å². The van der Waals surface area contributed by atoms with E-state index in [2.05, 4.69) is 22.9 Å². The normalized spacial score (nSPS) is 10.5. The molecule has 3 N–H and O–H groups in total. The summed E-state index contributed by atoms with van der Waals surface area (Å²) in [5.74, 6) is 0.730. The second-order valence-electron chi connectivity index (χ2n) is 7.71. The number of thiocarbonyl (C=S) groups is 1. The lowest BCUT2D eigenvalue weighted by atomic mass is 10.1. The highest BCUT2D eigenvalue weighted by Crippen LogP contribution is 2.15. The van der Waals surface area contributed by atoms with Gasteiger partial charge in [0.25, 0.3) is 5.91 Å². The molecule has 2 aromatic carbocycles. The Morgan fingerprint density at radius 3 is 2.13 bits per heavy atom. The van der Waals surface area contributed by atoms with E-state index in [9.17, 15) is 9.59 Å². The molecule has 31 heavy (non-hydrogen) atoms. The summed E-state index contributed by atoms with van der Waals surface area (Å²) in [5, 5.41) is 8.68. The summed E-state index contributed by atoms with van der Waals surface area (Å²) in [4.78, 5) is 24.2. The minimum absolute atomic E-state index is 0.0177. The van der Waals surface area contributed by atoms with Gasteiger partial charge in [-0.25, -0.2) is 0 Å². The van der Waals surface area contributed by atoms with Gasteiger partial charge in [0.2, 0.25) is 5.91 Å². The fourth-order valence-corrected chi connectivity index (χ4v) is 3.01. The molecule has 0 heterocycles. The number of hydrogen-bond donors (Lipinski definition) is 3. The van der Waals surface area contributed by atoms with E-state index in [1.807, 2.05) is 13.8 Å². The van der Waals surface area contributed by atoms with Crippen molar-refractivity contribution >= 4 is 40.5 Å². The highest BCUT2D eigenvalue weighted by atomic mass is 32.1. The average molecular weight is 442 g/mol. The molecule has 166 valence electrons. The quantitative estimate of drug-likeness (QED) is 0.341. The van der Waals surface area contributed by atoms with Crippen molar-refractivity contribution in [3.8, 4) is 5.75 Å². The van der Waals surface area contributed by atoms with Crippen LogP contribution in [0.25, 0.3) is 0 Å². The van der Waals surface area contributed by atoms with Crippen molar-refractivity contribution in [2.45, 2.75) is 46.5 Å². The van der Waals surface area contributed by atoms with Crippen molar-refractivity contribution in [3.05, 3.63) is 54.1 Å². The van der Waals surface area contributed by atoms with E-state index in [1.165, 1.54) is 0 Å². The van der Waals surface area contributed by atoms with E-state index in [1.54, 1.807) is 48.5 Å². The van der Waals surface area contributed by atoms with Gasteiger partial charge in [0.05, 0.1) is 6.61 Å². The van der Waals surface area contributed by atoms with Crippen LogP contribution in [0.1, 0.15) is 56.8 Å². The zero-order valence-electron chi connectivity index (χ0n) is 18.4. The Bertz CT molecular complexity index is 865. The minimum Gasteiger partial charge on any atom is -0.494 e. The zero-order valence-corrected chi connectivity index (χ0v) is 19.2. The molecule has 0 aliphatic carbocycles. The van der Waals surface area contributed by atoms with Crippen LogP contribution in [0.3, 0.4) is 0 Å². The maximum absolute atomic E-state index is 12.4. The second-order valence-corrected chi connectivity index (χ2v) is 8.12. The Morgan fingerprint density at radius 1 is 0.935 bits per heavy atom. The molecule has 2 aromatic rings. The molecule has 0 saturated heterocycles. The van der Waals surface area contributed by atoms with Crippen LogP contribution in [-0.4, -0.2) is 23.5 Å². The van der Waals surface area contributed by atoms with Crippen molar-refractivity contribution in [2.75, 3.05) is 17.2 Å². The summed E-state index contributed by atoms with van der Waals surface area (Å²) in [6.07, 6.45) is 3.78. The zero-order chi connectivity index (χ0) is 22.6. The maximum atomic E-state index is 12.4. The Kier molecular flexibility index (Phi) is 9.97. The van der Waals surface area contributed by atoms with Gasteiger partial charge in [0, 0.05) is 23.4 Å². The molecule has 0 bridgehead atoms. The first-order chi connectivity index (χ1) is 14.9. The molecule has 2 rings (SSSR count). The summed E-state index contributed by atoms with van der Waals surface area (Å²) in [7, 11) is 0. The third-order valence-electron chi connectivity index (χ3n) is 4.38. The number of nitrogens with one attached hydrogen (secondary N) is 3. The largest absolute Gasteiger partial charge is 0.494 e. The Balaban J connectivity index is 1.81. The first-order valence-corrected chi connectivity index (χ1v) is 11.0. The molecular formula is C24H31N3O3S. The van der Waals surface area contributed by atoms with Crippen LogP contribution >= 0.6 is 12.2 Å². The van der Waals surface area contributed by atoms with Gasteiger partial charge in [-0.3, -0.25) is 14.9 Å². The van der Waals surface area contributed by atoms with Gasteiger partial charge in [-0.15, -0.1) is 0 Å². The third-order valence-corrected chi connectivity index (χ3v) is 4.58. The second kappa shape index (κ2) is 12.7. The third kappa shape index (κ3) is 9.17. The molecule has 6 nitrogen and oxygen atoms in total. The number of unbranched alkanes of at least 4 members (excludes halogenated alkanes) is 2. The van der Waals surface area contributed by atoms with E-state index < -0.39 is 0 Å². The molecule has 0 aliphatic rings. The van der Waals surface area contributed by atoms with Crippen molar-refractivity contribution in [1.82, 2.24) is 5.32 Å². The fraction of sp³-hybridized carbons (Fsp3) is 0.375. The van der Waals surface area contributed by atoms with Crippen LogP contribution in [0.15, 0.2) is 48.5 Å². The summed E-state index contributed by atoms with van der Waals surface area (Å²) in [5.41, 5.74) is 1.92. The average Bonchev–Trinajstić information content (AvgIpc) is 2.72. The van der Waals surface area contributed by atoms with Gasteiger partial charge in [-0.1, -0.05) is 33.6 Å². The van der Waals surface area contributed by atoms with E-state index in [0.29, 0.717) is 35.9 Å². The summed E-state index contributed by atoms with van der Waals surface area (Å²) >= 11 is 5.23. The summed E-state index contributed by atoms with van der Waals surface area (Å²) in [6.45, 7) is 6.82. The Morgan fingerprint density at radius 2 is 1.55 bits per heavy atom. The van der Waals surface area contributed by atoms with Crippen molar-refractivity contribution < 1.29 is 14.3 Å². The van der Waals surface area contributed by atoms with Crippen LogP contribution in [0.2, 0.25) is 0 Å². The topological polar surface area (TPSA) is 79.5 Å². The van der Waals surface area contributed by atoms with Gasteiger partial charge in [0.1, 0.15) is 5.75 Å². The molecular weight excluding hydrogens is 410 g/mol. The van der Waals surface area contributed by atoms with E-state index >= 15 is 0 Å². The standard InChI is InChI=1S/C24H31N3O3S/c1-4-5-6-15-30-21-13-7-18(8-14-21)23(29)27-24(31)26-20-11-9-19(10-12-20)25-22(28)16-17(2)3/h7-14,17H,4-6,15-16H2,1-3H3,(H,25,28)(H2,26,27,29,31). The minimum atomic E-state index is -0.299. The number of ether oxygens (including phenoxy) is 1. The molecule has 0 spiro atoms. The van der Waals surface area contributed by atoms with Crippen molar-refractivity contribution in [2.24, 2.45) is 5.92 Å². The lowest BCUT2D eigenvalue weighted by Gasteiger charge is -2.11. The highest BCUT2D eigenvalue weighted by Gasteiger charge is 2.09. The Hall–Kier alpha value is -2.93. The molecule has 2 amide bonds. The summed E-state index contributed by atoms with van der Waals surface area (Å²) in [6, 6.07) is 14.1. The SMILES string of the molecule is CCCCCOc1ccc(C(=O)NC(=S)Nc2ccc(NC(=O)CC(C)C)cc2)cc1. The van der Waals surface area contributed by atoms with Gasteiger partial charge in [-0.05, 0) is 73.1 Å². The number of carbonyl (C=O) groups excluding carboxylic acids is 2. The molecule has 7 heteroatoms. The highest BCUT2D eigenvalue weighted by molar-refractivity contribution is 7.80. The predicted molar refractivity (Wildman–Crippen MR) is 130 cm³/mol. The van der Waals surface area contributed by atoms with Crippen LogP contribution < -0.4 is 20.7 Å². The molecule has 0 aromatic heterocycles. The maximum Gasteiger partial charge on any atom is 0.257 e. The van der Waals surface area contributed by atoms with Gasteiger partial charge < -0.3 is 15.4 Å². The molecule has 0 radical (unpaired) electrons. The first kappa shape index (κ1) is 24.3. The lowest BCUT2D eigenvalue weighted by molar-refractivity contribution is -0.116. The molecule has 0 unspecified atom stereocenters. The number of benzene rings is 2. The number of carbonyl (C=O) groups is 2. The Labute approximate surface area is 189 Å². The number of rotatable bonds is 10. The van der Waals surface area contributed by atoms with Crippen LogP contribution in [-0.2, 0) is 4.79 Å². The smallest absolute Gasteiger partial charge is 0.257 e. The number of amides is 2. The van der Waals surface area contributed by atoms with Gasteiger partial charge >= 0.3 is 0 Å². The molecule has 0 aliphatic heterocycles. The van der Waals surface area contributed by atoms with E-state index in [4.69, 9.17) is 17.0 Å². The van der Waals surface area contributed by atoms with Gasteiger partial charge in [-0.2, -0.15) is 0 Å². The molecule has 0 fully saturated rings. The van der Waals surface area contributed by atoms with E-state index in [-0.39, 0.29) is 16.9 Å². The lowest BCUT2D eigenvalue weighted by Crippen LogP contribution is -2.34. The van der Waals surface area contributed by atoms with Gasteiger partial charge in [0.15, 0.2) is 5.11 Å². The van der Waals surface area contributed by atoms with Crippen LogP contribution in [0.5, 0.6) is 5.75 Å².